The highest BCUT2D eigenvalue weighted by Gasteiger charge is 2.35. The van der Waals surface area contributed by atoms with Crippen molar-refractivity contribution in [1.29, 1.82) is 0 Å². The van der Waals surface area contributed by atoms with Crippen LogP contribution in [0.25, 0.3) is 0 Å². The van der Waals surface area contributed by atoms with Gasteiger partial charge in [0.1, 0.15) is 0 Å². The summed E-state index contributed by atoms with van der Waals surface area (Å²) in [6.07, 6.45) is 2.90. The summed E-state index contributed by atoms with van der Waals surface area (Å²) in [5, 5.41) is 6.76. The summed E-state index contributed by atoms with van der Waals surface area (Å²) in [4.78, 5) is 23.9. The van der Waals surface area contributed by atoms with Crippen molar-refractivity contribution in [3.8, 4) is 0 Å². The molecule has 2 amide bonds. The normalized spacial score (nSPS) is 22.8. The van der Waals surface area contributed by atoms with Crippen molar-refractivity contribution >= 4 is 23.4 Å². The average Bonchev–Trinajstić information content (AvgIpc) is 2.47. The van der Waals surface area contributed by atoms with Crippen LogP contribution in [0.1, 0.15) is 44.2 Å². The number of rotatable bonds is 5. The number of halogens is 1. The van der Waals surface area contributed by atoms with Crippen molar-refractivity contribution in [3.63, 3.8) is 0 Å². The van der Waals surface area contributed by atoms with E-state index in [4.69, 9.17) is 17.3 Å². The van der Waals surface area contributed by atoms with Gasteiger partial charge in [-0.3, -0.25) is 9.59 Å². The second kappa shape index (κ2) is 7.11. The number of carbonyl (C=O) groups excluding carboxylic acids is 2. The van der Waals surface area contributed by atoms with Gasteiger partial charge in [0.15, 0.2) is 0 Å². The van der Waals surface area contributed by atoms with Gasteiger partial charge < -0.3 is 16.4 Å². The topological polar surface area (TPSA) is 84.2 Å². The van der Waals surface area contributed by atoms with Crippen molar-refractivity contribution < 1.29 is 9.59 Å². The summed E-state index contributed by atoms with van der Waals surface area (Å²) in [6, 6.07) is 6.64. The first kappa shape index (κ1) is 16.8. The van der Waals surface area contributed by atoms with Crippen molar-refractivity contribution in [2.75, 3.05) is 6.54 Å². The lowest BCUT2D eigenvalue weighted by atomic mass is 9.89. The lowest BCUT2D eigenvalue weighted by molar-refractivity contribution is -0.129. The van der Waals surface area contributed by atoms with E-state index in [0.717, 1.165) is 31.4 Å². The molecule has 22 heavy (non-hydrogen) atoms. The fraction of sp³-hybridized carbons (Fsp3) is 0.500. The maximum Gasteiger partial charge on any atom is 0.240 e. The molecule has 0 saturated carbocycles. The van der Waals surface area contributed by atoms with Crippen LogP contribution < -0.4 is 16.4 Å². The molecule has 5 nitrogen and oxygen atoms in total. The minimum absolute atomic E-state index is 0.0438. The van der Waals surface area contributed by atoms with E-state index in [2.05, 4.69) is 10.6 Å². The molecule has 4 N–H and O–H groups in total. The van der Waals surface area contributed by atoms with Crippen molar-refractivity contribution in [3.05, 3.63) is 34.9 Å². The lowest BCUT2D eigenvalue weighted by Crippen LogP contribution is -2.57. The predicted octanol–water partition coefficient (Wildman–Crippen LogP) is 1.90. The van der Waals surface area contributed by atoms with E-state index in [1.165, 1.54) is 0 Å². The smallest absolute Gasteiger partial charge is 0.240 e. The molecule has 1 unspecified atom stereocenters. The van der Waals surface area contributed by atoms with Gasteiger partial charge >= 0.3 is 0 Å². The number of benzene rings is 1. The fourth-order valence-electron chi connectivity index (χ4n) is 2.74. The Morgan fingerprint density at radius 3 is 2.82 bits per heavy atom. The second-order valence-electron chi connectivity index (χ2n) is 5.97. The van der Waals surface area contributed by atoms with E-state index in [1.807, 2.05) is 13.0 Å². The molecule has 120 valence electrons. The third-order valence-electron chi connectivity index (χ3n) is 4.08. The zero-order valence-electron chi connectivity index (χ0n) is 12.7. The van der Waals surface area contributed by atoms with Crippen LogP contribution in [-0.4, -0.2) is 23.9 Å². The quantitative estimate of drug-likeness (QED) is 0.774. The molecule has 2 rings (SSSR count). The molecule has 2 atom stereocenters. The zero-order chi connectivity index (χ0) is 16.2. The first-order chi connectivity index (χ1) is 10.4. The molecule has 6 heteroatoms. The van der Waals surface area contributed by atoms with Crippen molar-refractivity contribution in [2.24, 2.45) is 5.73 Å². The number of hydrogen-bond donors (Lipinski definition) is 3. The van der Waals surface area contributed by atoms with Crippen molar-refractivity contribution in [1.82, 2.24) is 10.6 Å². The highest BCUT2D eigenvalue weighted by Crippen LogP contribution is 2.24. The van der Waals surface area contributed by atoms with Gasteiger partial charge in [0.05, 0.1) is 18.0 Å². The number of nitrogens with two attached hydrogens (primary N) is 1. The molecule has 0 aromatic heterocycles. The van der Waals surface area contributed by atoms with Gasteiger partial charge in [0, 0.05) is 5.02 Å². The monoisotopic (exact) mass is 323 g/mol. The van der Waals surface area contributed by atoms with Crippen LogP contribution in [0.4, 0.5) is 0 Å². The van der Waals surface area contributed by atoms with Gasteiger partial charge in [-0.1, -0.05) is 23.7 Å². The van der Waals surface area contributed by atoms with Gasteiger partial charge in [-0.25, -0.2) is 0 Å². The van der Waals surface area contributed by atoms with E-state index < -0.39 is 17.5 Å². The maximum absolute atomic E-state index is 12.6. The molecule has 1 aliphatic heterocycles. The standard InChI is InChI=1S/C16H22ClN3O2/c1-16(7-2-3-8-19-16)15(22)20-13(10-14(18)21)11-5-4-6-12(17)9-11/h4-6,9,13,19H,2-3,7-8,10H2,1H3,(H2,18,21)(H,20,22)/t13-,16?/m1/s1. The van der Waals surface area contributed by atoms with Gasteiger partial charge in [0.25, 0.3) is 0 Å². The highest BCUT2D eigenvalue weighted by molar-refractivity contribution is 6.30. The summed E-state index contributed by atoms with van der Waals surface area (Å²) < 4.78 is 0. The summed E-state index contributed by atoms with van der Waals surface area (Å²) in [5.41, 5.74) is 5.49. The number of nitrogens with one attached hydrogen (secondary N) is 2. The van der Waals surface area contributed by atoms with Gasteiger partial charge in [-0.05, 0) is 50.4 Å². The molecule has 1 aromatic carbocycles. The van der Waals surface area contributed by atoms with E-state index in [-0.39, 0.29) is 12.3 Å². The Labute approximate surface area is 135 Å². The van der Waals surface area contributed by atoms with Gasteiger partial charge in [-0.15, -0.1) is 0 Å². The molecular weight excluding hydrogens is 302 g/mol. The Morgan fingerprint density at radius 1 is 1.45 bits per heavy atom. The number of piperidine rings is 1. The molecule has 1 aliphatic rings. The molecule has 1 fully saturated rings. The van der Waals surface area contributed by atoms with Crippen LogP contribution in [0.5, 0.6) is 0 Å². The van der Waals surface area contributed by atoms with Crippen LogP contribution >= 0.6 is 11.6 Å². The minimum atomic E-state index is -0.604. The molecule has 0 bridgehead atoms. The first-order valence-electron chi connectivity index (χ1n) is 7.50. The molecule has 0 radical (unpaired) electrons. The minimum Gasteiger partial charge on any atom is -0.370 e. The third kappa shape index (κ3) is 4.21. The molecule has 0 spiro atoms. The van der Waals surface area contributed by atoms with Crippen molar-refractivity contribution in [2.45, 2.75) is 44.2 Å². The zero-order valence-corrected chi connectivity index (χ0v) is 13.5. The Hall–Kier alpha value is -1.59. The SMILES string of the molecule is CC1(C(=O)N[C@H](CC(N)=O)c2cccc(Cl)c2)CCCCN1. The molecule has 1 aromatic rings. The second-order valence-corrected chi connectivity index (χ2v) is 6.40. The molecule has 1 saturated heterocycles. The average molecular weight is 324 g/mol. The number of amides is 2. The Bertz CT molecular complexity index is 556. The number of primary amides is 1. The molecular formula is C16H22ClN3O2. The summed E-state index contributed by atoms with van der Waals surface area (Å²) in [5.74, 6) is -0.578. The first-order valence-corrected chi connectivity index (χ1v) is 7.88. The maximum atomic E-state index is 12.6. The van der Waals surface area contributed by atoms with Crippen LogP contribution in [0.3, 0.4) is 0 Å². The molecule has 1 heterocycles. The number of hydrogen-bond acceptors (Lipinski definition) is 3. The fourth-order valence-corrected chi connectivity index (χ4v) is 2.94. The van der Waals surface area contributed by atoms with E-state index >= 15 is 0 Å². The van der Waals surface area contributed by atoms with Crippen LogP contribution in [0.15, 0.2) is 24.3 Å². The van der Waals surface area contributed by atoms with Gasteiger partial charge in [0.2, 0.25) is 11.8 Å². The van der Waals surface area contributed by atoms with Crippen LogP contribution in [0, 0.1) is 0 Å². The Kier molecular flexibility index (Phi) is 5.42. The summed E-state index contributed by atoms with van der Waals surface area (Å²) in [6.45, 7) is 2.71. The van der Waals surface area contributed by atoms with Crippen LogP contribution in [-0.2, 0) is 9.59 Å². The van der Waals surface area contributed by atoms with E-state index in [0.29, 0.717) is 5.02 Å². The number of carbonyl (C=O) groups is 2. The van der Waals surface area contributed by atoms with Crippen LogP contribution in [0.2, 0.25) is 5.02 Å². The highest BCUT2D eigenvalue weighted by atomic mass is 35.5. The predicted molar refractivity (Wildman–Crippen MR) is 86.4 cm³/mol. The van der Waals surface area contributed by atoms with E-state index in [9.17, 15) is 9.59 Å². The third-order valence-corrected chi connectivity index (χ3v) is 4.32. The van der Waals surface area contributed by atoms with Gasteiger partial charge in [-0.2, -0.15) is 0 Å². The molecule has 0 aliphatic carbocycles. The van der Waals surface area contributed by atoms with E-state index in [1.54, 1.807) is 18.2 Å². The lowest BCUT2D eigenvalue weighted by Gasteiger charge is -2.35. The summed E-state index contributed by atoms with van der Waals surface area (Å²) in [7, 11) is 0. The Morgan fingerprint density at radius 2 is 2.23 bits per heavy atom. The largest absolute Gasteiger partial charge is 0.370 e. The summed E-state index contributed by atoms with van der Waals surface area (Å²) >= 11 is 6.00. The Balaban J connectivity index is 2.16.